The first-order valence-electron chi connectivity index (χ1n) is 6.44. The maximum Gasteiger partial charge on any atom is 0.124 e. The fraction of sp³-hybridized carbons (Fsp3) is 0.500. The van der Waals surface area contributed by atoms with Gasteiger partial charge in [0.1, 0.15) is 5.82 Å². The summed E-state index contributed by atoms with van der Waals surface area (Å²) in [5.74, 6) is 1.10. The van der Waals surface area contributed by atoms with Crippen LogP contribution in [0.2, 0.25) is 0 Å². The zero-order valence-electron chi connectivity index (χ0n) is 10.5. The number of piperidine rings is 1. The predicted octanol–water partition coefficient (Wildman–Crippen LogP) is 2.99. The molecule has 0 bridgehead atoms. The molecular formula is C14H19N3. The molecule has 2 aromatic rings. The molecule has 3 heteroatoms. The van der Waals surface area contributed by atoms with Crippen LogP contribution in [0.25, 0.3) is 11.0 Å². The van der Waals surface area contributed by atoms with Crippen LogP contribution in [0.15, 0.2) is 12.1 Å². The van der Waals surface area contributed by atoms with Crippen molar-refractivity contribution in [3.8, 4) is 0 Å². The molecule has 1 atom stereocenters. The second-order valence-corrected chi connectivity index (χ2v) is 5.10. The van der Waals surface area contributed by atoms with Crippen molar-refractivity contribution in [2.24, 2.45) is 0 Å². The fourth-order valence-electron chi connectivity index (χ4n) is 2.74. The van der Waals surface area contributed by atoms with Crippen LogP contribution in [0, 0.1) is 13.8 Å². The molecule has 90 valence electrons. The number of imidazole rings is 1. The van der Waals surface area contributed by atoms with Gasteiger partial charge < -0.3 is 10.3 Å². The van der Waals surface area contributed by atoms with Crippen LogP contribution < -0.4 is 5.32 Å². The fourth-order valence-corrected chi connectivity index (χ4v) is 2.74. The zero-order chi connectivity index (χ0) is 11.8. The van der Waals surface area contributed by atoms with Gasteiger partial charge in [0.25, 0.3) is 0 Å². The number of fused-ring (bicyclic) bond motifs is 1. The van der Waals surface area contributed by atoms with Crippen molar-refractivity contribution < 1.29 is 0 Å². The molecular weight excluding hydrogens is 210 g/mol. The third-order valence-corrected chi connectivity index (χ3v) is 3.58. The molecule has 1 aliphatic rings. The third-order valence-electron chi connectivity index (χ3n) is 3.58. The first-order chi connectivity index (χ1) is 8.24. The van der Waals surface area contributed by atoms with Crippen LogP contribution in [0.3, 0.4) is 0 Å². The van der Waals surface area contributed by atoms with E-state index >= 15 is 0 Å². The molecule has 3 nitrogen and oxygen atoms in total. The van der Waals surface area contributed by atoms with Crippen LogP contribution >= 0.6 is 0 Å². The Morgan fingerprint density at radius 1 is 1.24 bits per heavy atom. The normalized spacial score (nSPS) is 20.9. The molecule has 1 saturated heterocycles. The molecule has 1 fully saturated rings. The number of aromatic nitrogens is 2. The van der Waals surface area contributed by atoms with Crippen LogP contribution in [-0.4, -0.2) is 16.5 Å². The molecule has 2 N–H and O–H groups in total. The van der Waals surface area contributed by atoms with Gasteiger partial charge in [0.05, 0.1) is 17.1 Å². The Hall–Kier alpha value is -1.35. The SMILES string of the molecule is Cc1cc(C)c2nc(C3CCCCN3)[nH]c2c1. The molecule has 2 heterocycles. The van der Waals surface area contributed by atoms with E-state index in [0.29, 0.717) is 6.04 Å². The van der Waals surface area contributed by atoms with E-state index in [1.54, 1.807) is 0 Å². The molecule has 0 amide bonds. The summed E-state index contributed by atoms with van der Waals surface area (Å²) in [6.07, 6.45) is 3.78. The summed E-state index contributed by atoms with van der Waals surface area (Å²) in [7, 11) is 0. The minimum absolute atomic E-state index is 0.413. The second-order valence-electron chi connectivity index (χ2n) is 5.10. The van der Waals surface area contributed by atoms with E-state index in [2.05, 4.69) is 36.3 Å². The number of hydrogen-bond acceptors (Lipinski definition) is 2. The minimum Gasteiger partial charge on any atom is -0.341 e. The molecule has 17 heavy (non-hydrogen) atoms. The first kappa shape index (κ1) is 10.8. The second kappa shape index (κ2) is 4.15. The highest BCUT2D eigenvalue weighted by molar-refractivity contribution is 5.79. The van der Waals surface area contributed by atoms with Gasteiger partial charge in [0, 0.05) is 0 Å². The summed E-state index contributed by atoms with van der Waals surface area (Å²) >= 11 is 0. The summed E-state index contributed by atoms with van der Waals surface area (Å²) in [5.41, 5.74) is 4.85. The van der Waals surface area contributed by atoms with E-state index in [1.807, 2.05) is 0 Å². The summed E-state index contributed by atoms with van der Waals surface area (Å²) in [6.45, 7) is 5.37. The molecule has 1 aromatic carbocycles. The number of hydrogen-bond donors (Lipinski definition) is 2. The maximum absolute atomic E-state index is 4.76. The monoisotopic (exact) mass is 229 g/mol. The number of H-pyrrole nitrogens is 1. The average Bonchev–Trinajstić information content (AvgIpc) is 2.74. The Morgan fingerprint density at radius 3 is 2.88 bits per heavy atom. The Bertz CT molecular complexity index is 536. The molecule has 1 aromatic heterocycles. The zero-order valence-corrected chi connectivity index (χ0v) is 10.5. The Labute approximate surface area is 102 Å². The Morgan fingerprint density at radius 2 is 2.12 bits per heavy atom. The maximum atomic E-state index is 4.76. The highest BCUT2D eigenvalue weighted by Gasteiger charge is 2.18. The van der Waals surface area contributed by atoms with E-state index in [9.17, 15) is 0 Å². The molecule has 0 aliphatic carbocycles. The lowest BCUT2D eigenvalue weighted by molar-refractivity contribution is 0.400. The smallest absolute Gasteiger partial charge is 0.124 e. The van der Waals surface area contributed by atoms with E-state index in [0.717, 1.165) is 17.9 Å². The van der Waals surface area contributed by atoms with Gasteiger partial charge in [-0.25, -0.2) is 4.98 Å². The molecule has 3 rings (SSSR count). The van der Waals surface area contributed by atoms with Gasteiger partial charge in [-0.05, 0) is 50.4 Å². The van der Waals surface area contributed by atoms with Gasteiger partial charge in [0.2, 0.25) is 0 Å². The molecule has 1 aliphatic heterocycles. The number of aryl methyl sites for hydroxylation is 2. The number of nitrogens with zero attached hydrogens (tertiary/aromatic N) is 1. The standard InChI is InChI=1S/C14H19N3/c1-9-7-10(2)13-12(8-9)16-14(17-13)11-5-3-4-6-15-11/h7-8,11,15H,3-6H2,1-2H3,(H,16,17). The predicted molar refractivity (Wildman–Crippen MR) is 70.2 cm³/mol. The van der Waals surface area contributed by atoms with Crippen molar-refractivity contribution in [2.45, 2.75) is 39.2 Å². The van der Waals surface area contributed by atoms with Crippen LogP contribution in [0.5, 0.6) is 0 Å². The molecule has 1 unspecified atom stereocenters. The van der Waals surface area contributed by atoms with E-state index < -0.39 is 0 Å². The third kappa shape index (κ3) is 1.95. The van der Waals surface area contributed by atoms with E-state index in [-0.39, 0.29) is 0 Å². The van der Waals surface area contributed by atoms with Gasteiger partial charge in [-0.1, -0.05) is 12.5 Å². The Balaban J connectivity index is 2.03. The lowest BCUT2D eigenvalue weighted by Gasteiger charge is -2.21. The quantitative estimate of drug-likeness (QED) is 0.789. The van der Waals surface area contributed by atoms with Crippen LogP contribution in [0.1, 0.15) is 42.3 Å². The van der Waals surface area contributed by atoms with Crippen molar-refractivity contribution in [1.82, 2.24) is 15.3 Å². The molecule has 0 radical (unpaired) electrons. The van der Waals surface area contributed by atoms with Gasteiger partial charge in [0.15, 0.2) is 0 Å². The van der Waals surface area contributed by atoms with Crippen molar-refractivity contribution in [2.75, 3.05) is 6.54 Å². The highest BCUT2D eigenvalue weighted by Crippen LogP contribution is 2.25. The summed E-state index contributed by atoms with van der Waals surface area (Å²) in [6, 6.07) is 4.79. The topological polar surface area (TPSA) is 40.7 Å². The first-order valence-corrected chi connectivity index (χ1v) is 6.44. The number of rotatable bonds is 1. The average molecular weight is 229 g/mol. The van der Waals surface area contributed by atoms with Gasteiger partial charge >= 0.3 is 0 Å². The largest absolute Gasteiger partial charge is 0.341 e. The van der Waals surface area contributed by atoms with Gasteiger partial charge in [-0.2, -0.15) is 0 Å². The summed E-state index contributed by atoms with van der Waals surface area (Å²) < 4.78 is 0. The molecule has 0 saturated carbocycles. The van der Waals surface area contributed by atoms with Crippen molar-refractivity contribution in [3.63, 3.8) is 0 Å². The summed E-state index contributed by atoms with van der Waals surface area (Å²) in [5, 5.41) is 3.54. The number of benzene rings is 1. The van der Waals surface area contributed by atoms with Crippen molar-refractivity contribution in [3.05, 3.63) is 29.1 Å². The van der Waals surface area contributed by atoms with Gasteiger partial charge in [-0.3, -0.25) is 0 Å². The summed E-state index contributed by atoms with van der Waals surface area (Å²) in [4.78, 5) is 8.23. The lowest BCUT2D eigenvalue weighted by atomic mass is 10.0. The van der Waals surface area contributed by atoms with E-state index in [1.165, 1.54) is 35.9 Å². The van der Waals surface area contributed by atoms with Crippen LogP contribution in [0.4, 0.5) is 0 Å². The lowest BCUT2D eigenvalue weighted by Crippen LogP contribution is -2.27. The van der Waals surface area contributed by atoms with Gasteiger partial charge in [-0.15, -0.1) is 0 Å². The Kier molecular flexibility index (Phi) is 2.63. The number of nitrogens with one attached hydrogen (secondary N) is 2. The molecule has 0 spiro atoms. The van der Waals surface area contributed by atoms with Crippen LogP contribution in [-0.2, 0) is 0 Å². The van der Waals surface area contributed by atoms with Crippen molar-refractivity contribution in [1.29, 1.82) is 0 Å². The van der Waals surface area contributed by atoms with E-state index in [4.69, 9.17) is 4.98 Å². The number of aromatic amines is 1. The minimum atomic E-state index is 0.413. The van der Waals surface area contributed by atoms with Crippen molar-refractivity contribution >= 4 is 11.0 Å². The highest BCUT2D eigenvalue weighted by atomic mass is 15.0.